The van der Waals surface area contributed by atoms with Crippen molar-refractivity contribution in [3.05, 3.63) is 54.1 Å². The fourth-order valence-corrected chi connectivity index (χ4v) is 8.67. The van der Waals surface area contributed by atoms with E-state index in [-0.39, 0.29) is 18.4 Å². The second-order valence-corrected chi connectivity index (χ2v) is 11.8. The summed E-state index contributed by atoms with van der Waals surface area (Å²) in [7, 11) is 8.28. The van der Waals surface area contributed by atoms with Gasteiger partial charge in [-0.2, -0.15) is 0 Å². The van der Waals surface area contributed by atoms with Gasteiger partial charge in [0.25, 0.3) is 5.91 Å². The van der Waals surface area contributed by atoms with Crippen LogP contribution in [-0.2, 0) is 15.1 Å². The molecule has 3 aliphatic heterocycles. The topological polar surface area (TPSA) is 80.8 Å². The zero-order valence-electron chi connectivity index (χ0n) is 23.5. The standard InChI is InChI=1S/C29H33N3O6S2/c1-8-12-32-26(34)29(40-27(32)39)20(17-13-22(35-5)24(37-7)23(14-17)36-6)16-30(3)28(29)19-15-18(38-9-2)10-11-21(19)31(4)25(28)33/h8,10-11,13-15,20H,1,9,12,16H2,2-7H3/t20-,28+,29+/m0/s1. The summed E-state index contributed by atoms with van der Waals surface area (Å²) in [5.74, 6) is 1.09. The molecule has 2 amide bonds. The minimum atomic E-state index is -1.36. The van der Waals surface area contributed by atoms with Crippen molar-refractivity contribution in [2.75, 3.05) is 60.0 Å². The first-order valence-electron chi connectivity index (χ1n) is 12.9. The largest absolute Gasteiger partial charge is 0.494 e. The molecule has 0 aliphatic carbocycles. The number of amides is 2. The summed E-state index contributed by atoms with van der Waals surface area (Å²) < 4.78 is 21.8. The molecule has 2 aromatic rings. The highest BCUT2D eigenvalue weighted by molar-refractivity contribution is 8.25. The van der Waals surface area contributed by atoms with Crippen molar-refractivity contribution in [3.8, 4) is 23.0 Å². The third-order valence-electron chi connectivity index (χ3n) is 8.13. The molecule has 9 nitrogen and oxygen atoms in total. The number of likely N-dealkylation sites (tertiary alicyclic amines) is 1. The second kappa shape index (κ2) is 10.3. The molecule has 0 aromatic heterocycles. The molecule has 5 rings (SSSR count). The number of carbonyl (C=O) groups excluding carboxylic acids is 2. The minimum absolute atomic E-state index is 0.197. The molecule has 11 heteroatoms. The van der Waals surface area contributed by atoms with E-state index in [0.29, 0.717) is 46.0 Å². The number of nitrogens with zero attached hydrogens (tertiary/aromatic N) is 3. The van der Waals surface area contributed by atoms with E-state index in [4.69, 9.17) is 31.2 Å². The summed E-state index contributed by atoms with van der Waals surface area (Å²) in [5, 5.41) is 0. The Labute approximate surface area is 244 Å². The lowest BCUT2D eigenvalue weighted by atomic mass is 9.72. The van der Waals surface area contributed by atoms with E-state index in [0.717, 1.165) is 11.3 Å². The van der Waals surface area contributed by atoms with Gasteiger partial charge in [-0.1, -0.05) is 30.1 Å². The van der Waals surface area contributed by atoms with Gasteiger partial charge in [0.15, 0.2) is 17.0 Å². The molecule has 2 fully saturated rings. The number of thiocarbonyl (C=S) groups is 1. The van der Waals surface area contributed by atoms with Crippen LogP contribution in [0.5, 0.6) is 23.0 Å². The van der Waals surface area contributed by atoms with Gasteiger partial charge in [0, 0.05) is 37.3 Å². The first-order valence-corrected chi connectivity index (χ1v) is 14.1. The molecule has 0 N–H and O–H groups in total. The van der Waals surface area contributed by atoms with Gasteiger partial charge in [0.05, 0.1) is 27.9 Å². The average molecular weight is 584 g/mol. The first kappa shape index (κ1) is 28.3. The Morgan fingerprint density at radius 2 is 1.75 bits per heavy atom. The van der Waals surface area contributed by atoms with E-state index in [1.165, 1.54) is 11.8 Å². The Bertz CT molecular complexity index is 1390. The Hall–Kier alpha value is -3.28. The van der Waals surface area contributed by atoms with Crippen LogP contribution in [0.2, 0.25) is 0 Å². The van der Waals surface area contributed by atoms with Gasteiger partial charge < -0.3 is 23.8 Å². The lowest BCUT2D eigenvalue weighted by Gasteiger charge is -2.42. The maximum Gasteiger partial charge on any atom is 0.254 e. The monoisotopic (exact) mass is 583 g/mol. The third-order valence-corrected chi connectivity index (χ3v) is 10.1. The Kier molecular flexibility index (Phi) is 7.26. The van der Waals surface area contributed by atoms with E-state index in [2.05, 4.69) is 6.58 Å². The number of likely N-dealkylation sites (N-methyl/N-ethyl adjacent to an activating group) is 2. The van der Waals surface area contributed by atoms with Crippen molar-refractivity contribution in [3.63, 3.8) is 0 Å². The number of rotatable bonds is 8. The molecule has 2 saturated heterocycles. The third kappa shape index (κ3) is 3.53. The molecular weight excluding hydrogens is 550 g/mol. The van der Waals surface area contributed by atoms with Crippen LogP contribution in [0, 0.1) is 0 Å². The Morgan fingerprint density at radius 3 is 2.33 bits per heavy atom. The summed E-state index contributed by atoms with van der Waals surface area (Å²) in [6.07, 6.45) is 1.65. The van der Waals surface area contributed by atoms with Gasteiger partial charge in [-0.3, -0.25) is 19.4 Å². The first-order chi connectivity index (χ1) is 19.2. The highest BCUT2D eigenvalue weighted by Crippen LogP contribution is 2.67. The molecule has 0 saturated carbocycles. The van der Waals surface area contributed by atoms with E-state index < -0.39 is 16.2 Å². The van der Waals surface area contributed by atoms with Crippen LogP contribution in [0.4, 0.5) is 5.69 Å². The molecule has 0 unspecified atom stereocenters. The number of anilines is 1. The highest BCUT2D eigenvalue weighted by Gasteiger charge is 2.78. The normalized spacial score (nSPS) is 25.8. The van der Waals surface area contributed by atoms with Gasteiger partial charge in [0.2, 0.25) is 11.7 Å². The van der Waals surface area contributed by atoms with Crippen LogP contribution in [0.15, 0.2) is 43.0 Å². The van der Waals surface area contributed by atoms with Gasteiger partial charge in [-0.05, 0) is 49.9 Å². The molecular formula is C29H33N3O6S2. The number of thioether (sulfide) groups is 1. The van der Waals surface area contributed by atoms with Crippen molar-refractivity contribution in [2.24, 2.45) is 0 Å². The molecule has 3 heterocycles. The summed E-state index contributed by atoms with van der Waals surface area (Å²) in [6, 6.07) is 9.33. The summed E-state index contributed by atoms with van der Waals surface area (Å²) in [5.41, 5.74) is 0.850. The van der Waals surface area contributed by atoms with E-state index >= 15 is 0 Å². The van der Waals surface area contributed by atoms with Gasteiger partial charge in [-0.25, -0.2) is 0 Å². The molecule has 0 radical (unpaired) electrons. The van der Waals surface area contributed by atoms with Gasteiger partial charge in [-0.15, -0.1) is 6.58 Å². The number of hydrogen-bond donors (Lipinski definition) is 0. The molecule has 2 aromatic carbocycles. The molecule has 212 valence electrons. The van der Waals surface area contributed by atoms with Crippen LogP contribution in [-0.4, -0.2) is 85.8 Å². The fourth-order valence-electron chi connectivity index (χ4n) is 6.52. The second-order valence-electron chi connectivity index (χ2n) is 9.89. The van der Waals surface area contributed by atoms with Crippen LogP contribution in [0.1, 0.15) is 24.0 Å². The number of fused-ring (bicyclic) bond motifs is 3. The van der Waals surface area contributed by atoms with Crippen molar-refractivity contribution in [2.45, 2.75) is 23.1 Å². The number of carbonyl (C=O) groups is 2. The summed E-state index contributed by atoms with van der Waals surface area (Å²) in [6.45, 7) is 6.84. The number of ether oxygens (including phenoxy) is 4. The van der Waals surface area contributed by atoms with E-state index in [9.17, 15) is 9.59 Å². The maximum atomic E-state index is 14.8. The van der Waals surface area contributed by atoms with Crippen LogP contribution in [0.25, 0.3) is 0 Å². The highest BCUT2D eigenvalue weighted by atomic mass is 32.2. The fraction of sp³-hybridized carbons (Fsp3) is 0.414. The SMILES string of the molecule is C=CCN1C(=O)[C@]2(SC1=S)[C@H](c1cc(OC)c(OC)c(OC)c1)CN(C)[C@]21C(=O)N(C)c2ccc(OCC)cc21. The van der Waals surface area contributed by atoms with Crippen LogP contribution >= 0.6 is 24.0 Å². The Morgan fingerprint density at radius 1 is 1.07 bits per heavy atom. The van der Waals surface area contributed by atoms with Crippen molar-refractivity contribution in [1.29, 1.82) is 0 Å². The molecule has 2 spiro atoms. The van der Waals surface area contributed by atoms with Crippen LogP contribution in [0.3, 0.4) is 0 Å². The van der Waals surface area contributed by atoms with Crippen LogP contribution < -0.4 is 23.8 Å². The lowest BCUT2D eigenvalue weighted by molar-refractivity contribution is -0.138. The molecule has 3 aliphatic rings. The van der Waals surface area contributed by atoms with Crippen molar-refractivity contribution in [1.82, 2.24) is 9.80 Å². The Balaban J connectivity index is 1.84. The van der Waals surface area contributed by atoms with Gasteiger partial charge >= 0.3 is 0 Å². The predicted molar refractivity (Wildman–Crippen MR) is 159 cm³/mol. The van der Waals surface area contributed by atoms with Gasteiger partial charge in [0.1, 0.15) is 14.8 Å². The predicted octanol–water partition coefficient (Wildman–Crippen LogP) is 3.80. The quantitative estimate of drug-likeness (QED) is 0.341. The lowest BCUT2D eigenvalue weighted by Crippen LogP contribution is -2.62. The maximum absolute atomic E-state index is 14.8. The van der Waals surface area contributed by atoms with Crippen molar-refractivity contribution >= 4 is 45.8 Å². The molecule has 3 atom stereocenters. The molecule has 0 bridgehead atoms. The zero-order valence-corrected chi connectivity index (χ0v) is 25.1. The van der Waals surface area contributed by atoms with Crippen molar-refractivity contribution < 1.29 is 28.5 Å². The zero-order chi connectivity index (χ0) is 29.0. The number of hydrogen-bond acceptors (Lipinski definition) is 9. The van der Waals surface area contributed by atoms with E-state index in [1.54, 1.807) is 44.3 Å². The minimum Gasteiger partial charge on any atom is -0.494 e. The molecule has 40 heavy (non-hydrogen) atoms. The van der Waals surface area contributed by atoms with E-state index in [1.807, 2.05) is 49.2 Å². The summed E-state index contributed by atoms with van der Waals surface area (Å²) in [4.78, 5) is 34.6. The average Bonchev–Trinajstić information content (AvgIpc) is 3.45. The number of benzene rings is 2. The smallest absolute Gasteiger partial charge is 0.254 e. The summed E-state index contributed by atoms with van der Waals surface area (Å²) >= 11 is 7.08. The number of methoxy groups -OCH3 is 3.